The second-order valence-corrected chi connectivity index (χ2v) is 8.89. The van der Waals surface area contributed by atoms with Crippen LogP contribution in [-0.4, -0.2) is 41.4 Å². The number of alkyl halides is 3. The van der Waals surface area contributed by atoms with Gasteiger partial charge in [-0.2, -0.15) is 13.2 Å². The number of ether oxygens (including phenoxy) is 2. The lowest BCUT2D eigenvalue weighted by molar-refractivity contribution is -0.278. The van der Waals surface area contributed by atoms with E-state index in [1.165, 1.54) is 42.5 Å². The molecule has 2 N–H and O–H groups in total. The lowest BCUT2D eigenvalue weighted by Gasteiger charge is -2.33. The minimum absolute atomic E-state index is 0.0547. The van der Waals surface area contributed by atoms with Gasteiger partial charge in [-0.1, -0.05) is 54.6 Å². The first kappa shape index (κ1) is 28.7. The van der Waals surface area contributed by atoms with E-state index in [2.05, 4.69) is 0 Å². The number of esters is 1. The highest BCUT2D eigenvalue weighted by Gasteiger charge is 2.64. The summed E-state index contributed by atoms with van der Waals surface area (Å²) in [4.78, 5) is 26.0. The molecule has 0 aliphatic rings. The van der Waals surface area contributed by atoms with Crippen molar-refractivity contribution in [3.05, 3.63) is 95.6 Å². The number of halogens is 3. The Labute approximate surface area is 218 Å². The van der Waals surface area contributed by atoms with Crippen LogP contribution in [0.2, 0.25) is 0 Å². The molecule has 3 rings (SSSR count). The van der Waals surface area contributed by atoms with Crippen LogP contribution in [0.15, 0.2) is 78.9 Å². The molecule has 0 unspecified atom stereocenters. The van der Waals surface area contributed by atoms with E-state index >= 15 is 0 Å². The van der Waals surface area contributed by atoms with Gasteiger partial charge in [-0.15, -0.1) is 0 Å². The number of hydrogen-bond acceptors (Lipinski definition) is 6. The van der Waals surface area contributed by atoms with Gasteiger partial charge in [0.2, 0.25) is 0 Å². The summed E-state index contributed by atoms with van der Waals surface area (Å²) < 4.78 is 53.1. The number of carbonyl (C=O) groups is 2. The molecular formula is C29H29F3O6. The highest BCUT2D eigenvalue weighted by Crippen LogP contribution is 2.43. The summed E-state index contributed by atoms with van der Waals surface area (Å²) in [5.74, 6) is -1.80. The number of carbonyl (C=O) groups excluding carboxylic acids is 2. The monoisotopic (exact) mass is 530 g/mol. The van der Waals surface area contributed by atoms with Crippen LogP contribution in [0.1, 0.15) is 36.0 Å². The average Bonchev–Trinajstić information content (AvgIpc) is 2.88. The molecule has 3 aromatic carbocycles. The molecule has 0 heterocycles. The fourth-order valence-electron chi connectivity index (χ4n) is 4.12. The summed E-state index contributed by atoms with van der Waals surface area (Å²) in [5, 5.41) is 18.9. The van der Waals surface area contributed by atoms with Crippen molar-refractivity contribution >= 4 is 11.8 Å². The normalized spacial score (nSPS) is 13.9. The van der Waals surface area contributed by atoms with Crippen molar-refractivity contribution in [1.82, 2.24) is 0 Å². The van der Waals surface area contributed by atoms with Crippen molar-refractivity contribution in [1.29, 1.82) is 0 Å². The van der Waals surface area contributed by atoms with Gasteiger partial charge in [0.1, 0.15) is 23.4 Å². The Hall–Kier alpha value is -3.85. The van der Waals surface area contributed by atoms with Crippen molar-refractivity contribution < 1.29 is 42.4 Å². The Morgan fingerprint density at radius 2 is 1.34 bits per heavy atom. The van der Waals surface area contributed by atoms with Crippen LogP contribution in [0.5, 0.6) is 11.5 Å². The average molecular weight is 531 g/mol. The lowest BCUT2D eigenvalue weighted by Crippen LogP contribution is -2.52. The zero-order chi connectivity index (χ0) is 27.8. The van der Waals surface area contributed by atoms with E-state index in [0.717, 1.165) is 30.4 Å². The summed E-state index contributed by atoms with van der Waals surface area (Å²) in [6.07, 6.45) is -5.77. The zero-order valence-electron chi connectivity index (χ0n) is 20.8. The summed E-state index contributed by atoms with van der Waals surface area (Å²) in [6, 6.07) is 19.0. The Balaban J connectivity index is 1.80. The molecule has 38 heavy (non-hydrogen) atoms. The molecule has 0 aromatic heterocycles. The van der Waals surface area contributed by atoms with E-state index in [1.807, 2.05) is 0 Å². The number of ketones is 1. The van der Waals surface area contributed by atoms with Gasteiger partial charge in [-0.05, 0) is 54.7 Å². The molecular weight excluding hydrogens is 501 g/mol. The van der Waals surface area contributed by atoms with E-state index < -0.39 is 29.4 Å². The second kappa shape index (κ2) is 12.6. The minimum atomic E-state index is -5.13. The van der Waals surface area contributed by atoms with Crippen molar-refractivity contribution in [2.45, 2.75) is 50.0 Å². The van der Waals surface area contributed by atoms with Crippen molar-refractivity contribution in [3.63, 3.8) is 0 Å². The van der Waals surface area contributed by atoms with Crippen LogP contribution >= 0.6 is 0 Å². The molecule has 3 aromatic rings. The van der Waals surface area contributed by atoms with Gasteiger partial charge in [0, 0.05) is 25.5 Å². The molecule has 0 amide bonds. The van der Waals surface area contributed by atoms with Gasteiger partial charge >= 0.3 is 12.1 Å². The van der Waals surface area contributed by atoms with Crippen molar-refractivity contribution in [3.8, 4) is 11.5 Å². The smallest absolute Gasteiger partial charge is 0.432 e. The van der Waals surface area contributed by atoms with Gasteiger partial charge in [0.05, 0.1) is 0 Å². The maximum atomic E-state index is 14.3. The van der Waals surface area contributed by atoms with Crippen LogP contribution in [0.25, 0.3) is 0 Å². The standard InChI is InChI=1S/C29H29F3O6/c1-37-28(29(30,31)32,22-5-3-2-4-6-22)27(36)38-26(18-12-21-9-15-24(34)16-10-21)19-25(35)17-11-20-7-13-23(33)14-8-20/h2-10,13-16,26,33-34H,11-12,17-19H2,1H3/t26-,28+/m1/s1. The predicted octanol–water partition coefficient (Wildman–Crippen LogP) is 5.64. The van der Waals surface area contributed by atoms with E-state index in [1.54, 1.807) is 24.3 Å². The molecule has 0 spiro atoms. The first-order valence-corrected chi connectivity index (χ1v) is 12.0. The Bertz CT molecular complexity index is 1190. The van der Waals surface area contributed by atoms with Gasteiger partial charge in [0.25, 0.3) is 5.60 Å². The van der Waals surface area contributed by atoms with Crippen molar-refractivity contribution in [2.75, 3.05) is 7.11 Å². The highest BCUT2D eigenvalue weighted by molar-refractivity contribution is 5.84. The SMILES string of the molecule is CO[C@](C(=O)O[C@H](CCc1ccc(O)cc1)CC(=O)CCc1ccc(O)cc1)(c1ccccc1)C(F)(F)F. The van der Waals surface area contributed by atoms with Crippen LogP contribution < -0.4 is 0 Å². The topological polar surface area (TPSA) is 93.1 Å². The fraction of sp³-hybridized carbons (Fsp3) is 0.310. The quantitative estimate of drug-likeness (QED) is 0.295. The molecule has 0 radical (unpaired) electrons. The predicted molar refractivity (Wildman–Crippen MR) is 134 cm³/mol. The van der Waals surface area contributed by atoms with E-state index in [-0.39, 0.29) is 36.5 Å². The number of hydrogen-bond donors (Lipinski definition) is 2. The van der Waals surface area contributed by atoms with Gasteiger partial charge in [-0.25, -0.2) is 4.79 Å². The summed E-state index contributed by atoms with van der Waals surface area (Å²) in [5.41, 5.74) is -2.25. The number of phenols is 2. The van der Waals surface area contributed by atoms with E-state index in [4.69, 9.17) is 9.47 Å². The maximum absolute atomic E-state index is 14.3. The number of methoxy groups -OCH3 is 1. The van der Waals surface area contributed by atoms with Gasteiger partial charge in [0.15, 0.2) is 0 Å². The first-order valence-electron chi connectivity index (χ1n) is 12.0. The Morgan fingerprint density at radius 3 is 1.84 bits per heavy atom. The molecule has 0 aliphatic carbocycles. The molecule has 6 nitrogen and oxygen atoms in total. The van der Waals surface area contributed by atoms with Gasteiger partial charge < -0.3 is 19.7 Å². The summed E-state index contributed by atoms with van der Waals surface area (Å²) >= 11 is 0. The fourth-order valence-corrected chi connectivity index (χ4v) is 4.12. The maximum Gasteiger partial charge on any atom is 0.432 e. The number of rotatable bonds is 12. The molecule has 0 saturated heterocycles. The zero-order valence-corrected chi connectivity index (χ0v) is 20.8. The molecule has 202 valence electrons. The van der Waals surface area contributed by atoms with Crippen LogP contribution in [0, 0.1) is 0 Å². The number of benzene rings is 3. The molecule has 0 aliphatic heterocycles. The number of aryl methyl sites for hydroxylation is 2. The minimum Gasteiger partial charge on any atom is -0.508 e. The van der Waals surface area contributed by atoms with Crippen LogP contribution in [-0.2, 0) is 37.5 Å². The number of aromatic hydroxyl groups is 2. The summed E-state index contributed by atoms with van der Waals surface area (Å²) in [7, 11) is 0.788. The second-order valence-electron chi connectivity index (χ2n) is 8.89. The molecule has 0 saturated carbocycles. The first-order chi connectivity index (χ1) is 18.0. The van der Waals surface area contributed by atoms with Crippen LogP contribution in [0.4, 0.5) is 13.2 Å². The third-order valence-corrected chi connectivity index (χ3v) is 6.22. The Kier molecular flexibility index (Phi) is 9.52. The number of phenolic OH excluding ortho intramolecular Hbond substituents is 2. The summed E-state index contributed by atoms with van der Waals surface area (Å²) in [6.45, 7) is 0. The van der Waals surface area contributed by atoms with E-state index in [0.29, 0.717) is 12.8 Å². The third kappa shape index (κ3) is 7.13. The molecule has 0 bridgehead atoms. The lowest BCUT2D eigenvalue weighted by atomic mass is 9.92. The molecule has 2 atom stereocenters. The third-order valence-electron chi connectivity index (χ3n) is 6.22. The van der Waals surface area contributed by atoms with Gasteiger partial charge in [-0.3, -0.25) is 4.79 Å². The van der Waals surface area contributed by atoms with Crippen molar-refractivity contribution in [2.24, 2.45) is 0 Å². The largest absolute Gasteiger partial charge is 0.508 e. The molecule has 0 fully saturated rings. The highest BCUT2D eigenvalue weighted by atomic mass is 19.4. The van der Waals surface area contributed by atoms with Crippen LogP contribution in [0.3, 0.4) is 0 Å². The Morgan fingerprint density at radius 1 is 0.816 bits per heavy atom. The number of Topliss-reactive ketones (excluding diaryl/α,β-unsaturated/α-hetero) is 1. The molecule has 9 heteroatoms. The van der Waals surface area contributed by atoms with E-state index in [9.17, 15) is 33.0 Å².